The highest BCUT2D eigenvalue weighted by Crippen LogP contribution is 2.70. The number of hydrogen-bond donors (Lipinski definition) is 1. The van der Waals surface area contributed by atoms with Crippen molar-refractivity contribution in [1.82, 2.24) is 0 Å². The highest BCUT2D eigenvalue weighted by Gasteiger charge is 2.69. The van der Waals surface area contributed by atoms with Gasteiger partial charge < -0.3 is 43.0 Å². The molecule has 58 heavy (non-hydrogen) atoms. The lowest BCUT2D eigenvalue weighted by molar-refractivity contribution is -0.366. The number of carbonyl (C=O) groups is 1. The quantitative estimate of drug-likeness (QED) is 0.227. The summed E-state index contributed by atoms with van der Waals surface area (Å²) in [5.74, 6) is 3.33. The predicted octanol–water partition coefficient (Wildman–Crippen LogP) is 8.17. The monoisotopic (exact) mass is 798 g/mol. The summed E-state index contributed by atoms with van der Waals surface area (Å²) in [6, 6.07) is 16.3. The molecule has 0 bridgehead atoms. The molecule has 0 amide bonds. The first-order chi connectivity index (χ1) is 28.0. The van der Waals surface area contributed by atoms with Crippen LogP contribution in [0.5, 0.6) is 5.75 Å². The molecule has 2 aromatic rings. The van der Waals surface area contributed by atoms with Crippen LogP contribution < -0.4 is 4.74 Å². The third-order valence-electron chi connectivity index (χ3n) is 16.6. The van der Waals surface area contributed by atoms with E-state index < -0.39 is 43.0 Å². The van der Waals surface area contributed by atoms with E-state index in [1.807, 2.05) is 30.3 Å². The van der Waals surface area contributed by atoms with Crippen LogP contribution in [-0.4, -0.2) is 80.1 Å². The number of methoxy groups -OCH3 is 1. The Labute approximate surface area is 343 Å². The number of esters is 1. The molecule has 8 aliphatic rings. The van der Waals surface area contributed by atoms with E-state index in [0.717, 1.165) is 56.4 Å². The summed E-state index contributed by atoms with van der Waals surface area (Å²) in [4.78, 5) is 13.5. The third-order valence-corrected chi connectivity index (χ3v) is 16.6. The summed E-state index contributed by atoms with van der Waals surface area (Å²) in [6.45, 7) is 10.8. The van der Waals surface area contributed by atoms with Gasteiger partial charge in [-0.3, -0.25) is 0 Å². The molecule has 4 aliphatic carbocycles. The van der Waals surface area contributed by atoms with E-state index >= 15 is 0 Å². The molecule has 7 fully saturated rings. The standard InChI is InChI=1S/C48H62O10/c1-27-17-22-48(53-25-27)28(2)39-37(58-48)24-36-34-16-13-31-23-33(18-20-46(31,3)35(34)19-21-47(36,39)4)54-45-40(49)42(56-43(50)29-9-7-6-8-10-29)41-38(55-45)26-52-44(57-41)30-11-14-32(51-5)15-12-30/h6-15,27-28,33-42,44-45,49H,16-26H2,1-5H3/t27-,28+,33+,34-,35+,36+,37+,38?,39+,40+,41-,42?,44?,45-,46+,47+,48-/m1/s1. The van der Waals surface area contributed by atoms with Crippen LogP contribution in [0.1, 0.15) is 108 Å². The molecule has 4 aliphatic heterocycles. The van der Waals surface area contributed by atoms with Gasteiger partial charge in [-0.15, -0.1) is 0 Å². The van der Waals surface area contributed by atoms with Gasteiger partial charge in [0, 0.05) is 17.9 Å². The summed E-state index contributed by atoms with van der Waals surface area (Å²) in [5, 5.41) is 12.0. The van der Waals surface area contributed by atoms with Crippen molar-refractivity contribution in [1.29, 1.82) is 0 Å². The molecule has 3 saturated carbocycles. The van der Waals surface area contributed by atoms with Gasteiger partial charge in [-0.25, -0.2) is 4.79 Å². The molecule has 0 aromatic heterocycles. The van der Waals surface area contributed by atoms with Crippen LogP contribution in [0, 0.1) is 46.3 Å². The third kappa shape index (κ3) is 6.42. The maximum absolute atomic E-state index is 13.5. The predicted molar refractivity (Wildman–Crippen MR) is 213 cm³/mol. The Morgan fingerprint density at radius 3 is 2.47 bits per heavy atom. The first-order valence-electron chi connectivity index (χ1n) is 22.2. The van der Waals surface area contributed by atoms with Crippen molar-refractivity contribution < 1.29 is 47.8 Å². The summed E-state index contributed by atoms with van der Waals surface area (Å²) >= 11 is 0. The molecule has 4 heterocycles. The Morgan fingerprint density at radius 2 is 1.71 bits per heavy atom. The Bertz CT molecular complexity index is 1840. The topological polar surface area (TPSA) is 111 Å². The molecule has 2 aromatic carbocycles. The zero-order valence-electron chi connectivity index (χ0n) is 34.8. The van der Waals surface area contributed by atoms with E-state index in [1.54, 1.807) is 31.4 Å². The second-order valence-corrected chi connectivity index (χ2v) is 19.6. The van der Waals surface area contributed by atoms with Crippen molar-refractivity contribution in [3.05, 3.63) is 77.4 Å². The lowest BCUT2D eigenvalue weighted by Crippen LogP contribution is -2.63. The van der Waals surface area contributed by atoms with Crippen LogP contribution >= 0.6 is 0 Å². The fraction of sp³-hybridized carbons (Fsp3) is 0.688. The summed E-state index contributed by atoms with van der Waals surface area (Å²) < 4.78 is 50.8. The minimum Gasteiger partial charge on any atom is -0.497 e. The fourth-order valence-electron chi connectivity index (χ4n) is 13.5. The second-order valence-electron chi connectivity index (χ2n) is 19.6. The fourth-order valence-corrected chi connectivity index (χ4v) is 13.5. The van der Waals surface area contributed by atoms with E-state index in [0.29, 0.717) is 47.2 Å². The number of aliphatic hydroxyl groups excluding tert-OH is 1. The van der Waals surface area contributed by atoms with Gasteiger partial charge in [0.2, 0.25) is 0 Å². The van der Waals surface area contributed by atoms with Crippen LogP contribution in [0.2, 0.25) is 0 Å². The lowest BCUT2D eigenvalue weighted by Gasteiger charge is -2.58. The van der Waals surface area contributed by atoms with Crippen molar-refractivity contribution in [3.8, 4) is 5.75 Å². The number of fused-ring (bicyclic) bond motifs is 8. The number of rotatable bonds is 6. The molecule has 4 saturated heterocycles. The highest BCUT2D eigenvalue weighted by atomic mass is 16.8. The van der Waals surface area contributed by atoms with Crippen molar-refractivity contribution in [3.63, 3.8) is 0 Å². The Balaban J connectivity index is 0.834. The van der Waals surface area contributed by atoms with Crippen molar-refractivity contribution in [2.75, 3.05) is 20.3 Å². The van der Waals surface area contributed by atoms with Crippen molar-refractivity contribution in [2.45, 2.75) is 140 Å². The Morgan fingerprint density at radius 1 is 0.897 bits per heavy atom. The van der Waals surface area contributed by atoms with E-state index in [2.05, 4.69) is 33.8 Å². The number of benzene rings is 2. The first kappa shape index (κ1) is 39.3. The molecule has 1 spiro atoms. The van der Waals surface area contributed by atoms with E-state index in [1.165, 1.54) is 24.8 Å². The zero-order chi connectivity index (χ0) is 40.0. The van der Waals surface area contributed by atoms with Gasteiger partial charge in [-0.2, -0.15) is 0 Å². The molecule has 10 rings (SSSR count). The van der Waals surface area contributed by atoms with E-state index in [9.17, 15) is 9.90 Å². The summed E-state index contributed by atoms with van der Waals surface area (Å²) in [6.07, 6.45) is 6.91. The largest absolute Gasteiger partial charge is 0.497 e. The molecule has 1 N–H and O–H groups in total. The average molecular weight is 799 g/mol. The lowest BCUT2D eigenvalue weighted by atomic mass is 9.47. The molecule has 10 nitrogen and oxygen atoms in total. The average Bonchev–Trinajstić information content (AvgIpc) is 3.69. The molecular formula is C48H62O10. The van der Waals surface area contributed by atoms with Crippen LogP contribution in [0.3, 0.4) is 0 Å². The van der Waals surface area contributed by atoms with Crippen LogP contribution in [0.25, 0.3) is 0 Å². The molecular weight excluding hydrogens is 737 g/mol. The number of hydrogen-bond acceptors (Lipinski definition) is 10. The Hall–Kier alpha value is -2.83. The molecule has 17 atom stereocenters. The maximum atomic E-state index is 13.5. The molecule has 314 valence electrons. The molecule has 10 heteroatoms. The Kier molecular flexibility index (Phi) is 10.1. The second kappa shape index (κ2) is 15.0. The number of ether oxygens (including phenoxy) is 8. The van der Waals surface area contributed by atoms with Gasteiger partial charge in [-0.05, 0) is 116 Å². The van der Waals surface area contributed by atoms with Crippen molar-refractivity contribution >= 4 is 5.97 Å². The number of allylic oxidation sites excluding steroid dienone is 1. The SMILES string of the molecule is COc1ccc(C2OCC3O[C@@H](O[C@H]4CC[C@@]5(C)C(=CC[C@H]6[C@@H]7C[C@@H]8O[C@]9(CC[C@@H](C)CO9)[C@@H](C)[C@@H]8[C@@]7(C)CC[C@@H]65)C4)[C@@H](O)C(OC(=O)c4ccccc4)[C@@H]3O2)cc1. The van der Waals surface area contributed by atoms with E-state index in [4.69, 9.17) is 37.9 Å². The summed E-state index contributed by atoms with van der Waals surface area (Å²) in [5.41, 5.74) is 3.06. The van der Waals surface area contributed by atoms with Gasteiger partial charge in [0.25, 0.3) is 0 Å². The molecule has 3 unspecified atom stereocenters. The smallest absolute Gasteiger partial charge is 0.338 e. The van der Waals surface area contributed by atoms with Gasteiger partial charge in [-0.1, -0.05) is 69.7 Å². The van der Waals surface area contributed by atoms with E-state index in [-0.39, 0.29) is 29.3 Å². The van der Waals surface area contributed by atoms with Gasteiger partial charge in [0.15, 0.2) is 24.5 Å². The normalized spacial score (nSPS) is 46.8. The van der Waals surface area contributed by atoms with Crippen LogP contribution in [-0.2, 0) is 33.2 Å². The highest BCUT2D eigenvalue weighted by molar-refractivity contribution is 5.89. The molecule has 0 radical (unpaired) electrons. The minimum atomic E-state index is -1.27. The summed E-state index contributed by atoms with van der Waals surface area (Å²) in [7, 11) is 1.62. The number of aliphatic hydroxyl groups is 1. The maximum Gasteiger partial charge on any atom is 0.338 e. The van der Waals surface area contributed by atoms with Gasteiger partial charge in [0.1, 0.15) is 24.1 Å². The van der Waals surface area contributed by atoms with Gasteiger partial charge in [0.05, 0.1) is 38.1 Å². The van der Waals surface area contributed by atoms with Gasteiger partial charge >= 0.3 is 5.97 Å². The van der Waals surface area contributed by atoms with Crippen LogP contribution in [0.4, 0.5) is 0 Å². The minimum absolute atomic E-state index is 0.116. The van der Waals surface area contributed by atoms with Crippen molar-refractivity contribution in [2.24, 2.45) is 46.3 Å². The first-order valence-corrected chi connectivity index (χ1v) is 22.2. The number of carbonyl (C=O) groups excluding carboxylic acids is 1. The van der Waals surface area contributed by atoms with Crippen LogP contribution in [0.15, 0.2) is 66.2 Å². The zero-order valence-corrected chi connectivity index (χ0v) is 34.8.